The van der Waals surface area contributed by atoms with Crippen molar-refractivity contribution in [2.75, 3.05) is 7.11 Å². The van der Waals surface area contributed by atoms with Gasteiger partial charge in [0.1, 0.15) is 5.75 Å². The van der Waals surface area contributed by atoms with Crippen molar-refractivity contribution >= 4 is 17.5 Å². The third-order valence-electron chi connectivity index (χ3n) is 4.47. The lowest BCUT2D eigenvalue weighted by atomic mass is 9.95. The quantitative estimate of drug-likeness (QED) is 0.922. The normalized spacial score (nSPS) is 28.4. The van der Waals surface area contributed by atoms with Gasteiger partial charge in [-0.05, 0) is 49.3 Å². The highest BCUT2D eigenvalue weighted by molar-refractivity contribution is 6.32. The highest BCUT2D eigenvalue weighted by Gasteiger charge is 2.40. The summed E-state index contributed by atoms with van der Waals surface area (Å²) in [6.07, 6.45) is 5.03. The Balaban J connectivity index is 1.69. The SMILES string of the molecule is COc1ccc(C(=O)N[C@@H]2C[C@H]3CC[C@H]2C3)cc1Cl. The molecule has 2 aliphatic rings. The minimum absolute atomic E-state index is 0.0258. The van der Waals surface area contributed by atoms with E-state index in [0.29, 0.717) is 28.3 Å². The van der Waals surface area contributed by atoms with Gasteiger partial charge in [0, 0.05) is 11.6 Å². The first-order valence-electron chi connectivity index (χ1n) is 6.82. The minimum Gasteiger partial charge on any atom is -0.495 e. The Hall–Kier alpha value is -1.22. The molecule has 102 valence electrons. The highest BCUT2D eigenvalue weighted by atomic mass is 35.5. The Labute approximate surface area is 118 Å². The molecule has 1 aromatic rings. The number of carbonyl (C=O) groups excluding carboxylic acids is 1. The molecular weight excluding hydrogens is 262 g/mol. The Kier molecular flexibility index (Phi) is 3.40. The summed E-state index contributed by atoms with van der Waals surface area (Å²) in [6, 6.07) is 5.51. The Bertz CT molecular complexity index is 503. The van der Waals surface area contributed by atoms with E-state index in [4.69, 9.17) is 16.3 Å². The van der Waals surface area contributed by atoms with Gasteiger partial charge in [-0.1, -0.05) is 18.0 Å². The van der Waals surface area contributed by atoms with E-state index in [1.165, 1.54) is 19.3 Å². The number of benzene rings is 1. The molecular formula is C15H18ClNO2. The molecule has 19 heavy (non-hydrogen) atoms. The lowest BCUT2D eigenvalue weighted by Crippen LogP contribution is -2.38. The van der Waals surface area contributed by atoms with Gasteiger partial charge in [0.25, 0.3) is 5.91 Å². The molecule has 0 radical (unpaired) electrons. The summed E-state index contributed by atoms with van der Waals surface area (Å²) >= 11 is 6.05. The van der Waals surface area contributed by atoms with Gasteiger partial charge in [-0.2, -0.15) is 0 Å². The number of methoxy groups -OCH3 is 1. The van der Waals surface area contributed by atoms with Crippen molar-refractivity contribution in [1.82, 2.24) is 5.32 Å². The third kappa shape index (κ3) is 2.44. The van der Waals surface area contributed by atoms with Gasteiger partial charge in [0.15, 0.2) is 0 Å². The van der Waals surface area contributed by atoms with E-state index in [0.717, 1.165) is 12.3 Å². The standard InChI is InChI=1S/C15H18ClNO2/c1-19-14-5-4-11(8-12(14)16)15(18)17-13-7-9-2-3-10(13)6-9/h4-5,8-10,13H,2-3,6-7H2,1H3,(H,17,18)/t9-,10-,13+/m0/s1. The van der Waals surface area contributed by atoms with E-state index in [-0.39, 0.29) is 5.91 Å². The van der Waals surface area contributed by atoms with Crippen LogP contribution < -0.4 is 10.1 Å². The first-order chi connectivity index (χ1) is 9.17. The number of carbonyl (C=O) groups is 1. The number of amides is 1. The Morgan fingerprint density at radius 1 is 1.37 bits per heavy atom. The number of rotatable bonds is 3. The van der Waals surface area contributed by atoms with Crippen molar-refractivity contribution in [2.24, 2.45) is 11.8 Å². The second-order valence-electron chi connectivity index (χ2n) is 5.60. The molecule has 0 heterocycles. The Morgan fingerprint density at radius 2 is 2.21 bits per heavy atom. The molecule has 2 aliphatic carbocycles. The molecule has 1 amide bonds. The second kappa shape index (κ2) is 5.04. The number of nitrogens with one attached hydrogen (secondary N) is 1. The zero-order valence-electron chi connectivity index (χ0n) is 11.0. The number of fused-ring (bicyclic) bond motifs is 2. The Morgan fingerprint density at radius 3 is 2.79 bits per heavy atom. The molecule has 1 aromatic carbocycles. The van der Waals surface area contributed by atoms with Crippen molar-refractivity contribution in [3.05, 3.63) is 28.8 Å². The molecule has 3 rings (SSSR count). The van der Waals surface area contributed by atoms with Gasteiger partial charge in [-0.3, -0.25) is 4.79 Å². The van der Waals surface area contributed by atoms with Crippen LogP contribution in [0.25, 0.3) is 0 Å². The third-order valence-corrected chi connectivity index (χ3v) is 4.76. The molecule has 3 atom stereocenters. The molecule has 2 saturated carbocycles. The maximum atomic E-state index is 12.2. The molecule has 0 aliphatic heterocycles. The van der Waals surface area contributed by atoms with Crippen LogP contribution in [-0.2, 0) is 0 Å². The fourth-order valence-electron chi connectivity index (χ4n) is 3.48. The second-order valence-corrected chi connectivity index (χ2v) is 6.01. The van der Waals surface area contributed by atoms with Crippen molar-refractivity contribution in [3.63, 3.8) is 0 Å². The predicted molar refractivity (Wildman–Crippen MR) is 74.7 cm³/mol. The largest absolute Gasteiger partial charge is 0.495 e. The molecule has 2 bridgehead atoms. The summed E-state index contributed by atoms with van der Waals surface area (Å²) in [5.74, 6) is 2.08. The van der Waals surface area contributed by atoms with Crippen molar-refractivity contribution in [3.8, 4) is 5.75 Å². The van der Waals surface area contributed by atoms with E-state index in [1.54, 1.807) is 25.3 Å². The van der Waals surface area contributed by atoms with Gasteiger partial charge < -0.3 is 10.1 Å². The summed E-state index contributed by atoms with van der Waals surface area (Å²) in [7, 11) is 1.57. The van der Waals surface area contributed by atoms with Crippen LogP contribution in [0.1, 0.15) is 36.0 Å². The van der Waals surface area contributed by atoms with Gasteiger partial charge in [0.05, 0.1) is 12.1 Å². The maximum Gasteiger partial charge on any atom is 0.251 e. The topological polar surface area (TPSA) is 38.3 Å². The van der Waals surface area contributed by atoms with Gasteiger partial charge in [-0.15, -0.1) is 0 Å². The first kappa shape index (κ1) is 12.8. The molecule has 0 spiro atoms. The molecule has 1 N–H and O–H groups in total. The smallest absolute Gasteiger partial charge is 0.251 e. The van der Waals surface area contributed by atoms with Crippen LogP contribution in [0.15, 0.2) is 18.2 Å². The van der Waals surface area contributed by atoms with E-state index in [2.05, 4.69) is 5.32 Å². The lowest BCUT2D eigenvalue weighted by molar-refractivity contribution is 0.0923. The summed E-state index contributed by atoms with van der Waals surface area (Å²) in [5, 5.41) is 3.63. The van der Waals surface area contributed by atoms with Crippen LogP contribution in [0.4, 0.5) is 0 Å². The van der Waals surface area contributed by atoms with Crippen molar-refractivity contribution < 1.29 is 9.53 Å². The van der Waals surface area contributed by atoms with Gasteiger partial charge >= 0.3 is 0 Å². The predicted octanol–water partition coefficient (Wildman–Crippen LogP) is 3.27. The average molecular weight is 280 g/mol. The van der Waals surface area contributed by atoms with Crippen LogP contribution in [-0.4, -0.2) is 19.1 Å². The summed E-state index contributed by atoms with van der Waals surface area (Å²) in [6.45, 7) is 0. The number of ether oxygens (including phenoxy) is 1. The minimum atomic E-state index is -0.0258. The van der Waals surface area contributed by atoms with Crippen molar-refractivity contribution in [2.45, 2.75) is 31.7 Å². The van der Waals surface area contributed by atoms with Crippen LogP contribution in [0, 0.1) is 11.8 Å². The van der Waals surface area contributed by atoms with Gasteiger partial charge in [0.2, 0.25) is 0 Å². The van der Waals surface area contributed by atoms with Crippen LogP contribution in [0.3, 0.4) is 0 Å². The molecule has 2 fully saturated rings. The summed E-state index contributed by atoms with van der Waals surface area (Å²) < 4.78 is 5.09. The van der Waals surface area contributed by atoms with Crippen LogP contribution in [0.5, 0.6) is 5.75 Å². The van der Waals surface area contributed by atoms with E-state index in [1.807, 2.05) is 0 Å². The number of hydrogen-bond acceptors (Lipinski definition) is 2. The van der Waals surface area contributed by atoms with E-state index < -0.39 is 0 Å². The van der Waals surface area contributed by atoms with E-state index >= 15 is 0 Å². The van der Waals surface area contributed by atoms with Crippen LogP contribution in [0.2, 0.25) is 5.02 Å². The first-order valence-corrected chi connectivity index (χ1v) is 7.19. The average Bonchev–Trinajstić information content (AvgIpc) is 3.00. The summed E-state index contributed by atoms with van der Waals surface area (Å²) in [5.41, 5.74) is 0.605. The zero-order chi connectivity index (χ0) is 13.4. The zero-order valence-corrected chi connectivity index (χ0v) is 11.7. The van der Waals surface area contributed by atoms with Crippen molar-refractivity contribution in [1.29, 1.82) is 0 Å². The molecule has 0 aromatic heterocycles. The summed E-state index contributed by atoms with van der Waals surface area (Å²) in [4.78, 5) is 12.2. The molecule has 0 saturated heterocycles. The van der Waals surface area contributed by atoms with Gasteiger partial charge in [-0.25, -0.2) is 0 Å². The molecule has 0 unspecified atom stereocenters. The highest BCUT2D eigenvalue weighted by Crippen LogP contribution is 2.44. The number of hydrogen-bond donors (Lipinski definition) is 1. The molecule has 4 heteroatoms. The monoisotopic (exact) mass is 279 g/mol. The fourth-order valence-corrected chi connectivity index (χ4v) is 3.74. The fraction of sp³-hybridized carbons (Fsp3) is 0.533. The lowest BCUT2D eigenvalue weighted by Gasteiger charge is -2.23. The van der Waals surface area contributed by atoms with E-state index in [9.17, 15) is 4.79 Å². The number of halogens is 1. The van der Waals surface area contributed by atoms with Crippen LogP contribution >= 0.6 is 11.6 Å². The maximum absolute atomic E-state index is 12.2. The molecule has 3 nitrogen and oxygen atoms in total.